The summed E-state index contributed by atoms with van der Waals surface area (Å²) in [6.07, 6.45) is 5.06. The molecule has 8 nitrogen and oxygen atoms in total. The molecule has 0 radical (unpaired) electrons. The normalized spacial score (nSPS) is 24.2. The Hall–Kier alpha value is -2.45. The van der Waals surface area contributed by atoms with Crippen LogP contribution in [0.25, 0.3) is 0 Å². The van der Waals surface area contributed by atoms with Gasteiger partial charge in [0, 0.05) is 50.7 Å². The molecule has 36 heavy (non-hydrogen) atoms. The Morgan fingerprint density at radius 1 is 1.06 bits per heavy atom. The highest BCUT2D eigenvalue weighted by Gasteiger charge is 2.36. The standard InChI is InChI=1S/C28H42N6O2/c1-20(2)27-31-30-21(3)34(27)33-18-22-9-10-25(19-33)32(17-22)14-11-26(23-7-5-4-6-8-23)29-28(35)24-12-15-36-16-13-24/h4-8,20,22,24-26H,9-19H2,1-3H3,(H,29,35)/t22?,25-,26-/m0/s1. The van der Waals surface area contributed by atoms with E-state index in [2.05, 4.69) is 75.1 Å². The average molecular weight is 495 g/mol. The number of ether oxygens (including phenoxy) is 1. The fourth-order valence-electron chi connectivity index (χ4n) is 6.23. The SMILES string of the molecule is Cc1nnc(C(C)C)n1N1CC2CC[C@@H](C1)N(CC[C@H](NC(=O)C1CCOCC1)c1ccccc1)C2. The van der Waals surface area contributed by atoms with E-state index in [1.807, 2.05) is 6.07 Å². The topological polar surface area (TPSA) is 75.5 Å². The molecule has 0 spiro atoms. The monoisotopic (exact) mass is 494 g/mol. The van der Waals surface area contributed by atoms with Gasteiger partial charge in [0.2, 0.25) is 5.91 Å². The van der Waals surface area contributed by atoms with Crippen LogP contribution >= 0.6 is 0 Å². The molecule has 3 atom stereocenters. The zero-order valence-electron chi connectivity index (χ0n) is 22.1. The van der Waals surface area contributed by atoms with Crippen molar-refractivity contribution in [2.24, 2.45) is 11.8 Å². The lowest BCUT2D eigenvalue weighted by Crippen LogP contribution is -2.47. The van der Waals surface area contributed by atoms with Crippen LogP contribution in [0.1, 0.15) is 75.1 Å². The van der Waals surface area contributed by atoms with Crippen molar-refractivity contribution in [3.8, 4) is 0 Å². The number of hydrogen-bond acceptors (Lipinski definition) is 6. The van der Waals surface area contributed by atoms with E-state index in [9.17, 15) is 4.79 Å². The molecule has 0 aliphatic carbocycles. The van der Waals surface area contributed by atoms with Gasteiger partial charge in [0.05, 0.1) is 12.6 Å². The number of amides is 1. The molecule has 2 bridgehead atoms. The predicted octanol–water partition coefficient (Wildman–Crippen LogP) is 3.42. The first kappa shape index (κ1) is 25.2. The van der Waals surface area contributed by atoms with E-state index in [1.54, 1.807) is 0 Å². The van der Waals surface area contributed by atoms with Crippen LogP contribution in [0, 0.1) is 18.8 Å². The van der Waals surface area contributed by atoms with Crippen molar-refractivity contribution in [2.45, 2.75) is 70.9 Å². The van der Waals surface area contributed by atoms with Crippen LogP contribution in [0.5, 0.6) is 0 Å². The number of hydrogen-bond donors (Lipinski definition) is 1. The van der Waals surface area contributed by atoms with Gasteiger partial charge in [0.15, 0.2) is 5.82 Å². The average Bonchev–Trinajstić information content (AvgIpc) is 3.07. The van der Waals surface area contributed by atoms with Crippen molar-refractivity contribution in [3.05, 3.63) is 47.5 Å². The Labute approximate surface area is 215 Å². The Morgan fingerprint density at radius 2 is 1.83 bits per heavy atom. The van der Waals surface area contributed by atoms with Gasteiger partial charge >= 0.3 is 0 Å². The van der Waals surface area contributed by atoms with E-state index in [4.69, 9.17) is 4.74 Å². The number of aryl methyl sites for hydroxylation is 1. The maximum atomic E-state index is 13.1. The van der Waals surface area contributed by atoms with E-state index >= 15 is 0 Å². The van der Waals surface area contributed by atoms with Crippen LogP contribution in [0.3, 0.4) is 0 Å². The fourth-order valence-corrected chi connectivity index (χ4v) is 6.23. The fraction of sp³-hybridized carbons (Fsp3) is 0.679. The van der Waals surface area contributed by atoms with Crippen molar-refractivity contribution in [1.29, 1.82) is 0 Å². The molecule has 8 heteroatoms. The molecule has 1 amide bonds. The summed E-state index contributed by atoms with van der Waals surface area (Å²) in [4.78, 5) is 15.8. The van der Waals surface area contributed by atoms with Crippen molar-refractivity contribution in [1.82, 2.24) is 25.1 Å². The number of aromatic nitrogens is 3. The lowest BCUT2D eigenvalue weighted by Gasteiger charge is -2.37. The Balaban J connectivity index is 1.27. The summed E-state index contributed by atoms with van der Waals surface area (Å²) in [6, 6.07) is 11.0. The molecular formula is C28H42N6O2. The smallest absolute Gasteiger partial charge is 0.223 e. The van der Waals surface area contributed by atoms with Crippen LogP contribution in [0.15, 0.2) is 30.3 Å². The summed E-state index contributed by atoms with van der Waals surface area (Å²) in [5, 5.41) is 14.8. The molecule has 2 aromatic rings. The molecule has 1 aromatic heterocycles. The third-order valence-electron chi connectivity index (χ3n) is 8.24. The number of piperidine rings is 1. The lowest BCUT2D eigenvalue weighted by atomic mass is 9.93. The molecule has 4 aliphatic heterocycles. The minimum absolute atomic E-state index is 0.0343. The maximum absolute atomic E-state index is 13.1. The summed E-state index contributed by atoms with van der Waals surface area (Å²) in [5.74, 6) is 3.26. The van der Waals surface area contributed by atoms with Crippen molar-refractivity contribution in [2.75, 3.05) is 44.4 Å². The molecule has 1 aromatic carbocycles. The molecule has 1 N–H and O–H groups in total. The Morgan fingerprint density at radius 3 is 2.58 bits per heavy atom. The highest BCUT2D eigenvalue weighted by molar-refractivity contribution is 5.79. The largest absolute Gasteiger partial charge is 0.381 e. The maximum Gasteiger partial charge on any atom is 0.223 e. The number of carbonyl (C=O) groups excluding carboxylic acids is 1. The molecule has 6 rings (SSSR count). The number of carbonyl (C=O) groups is 1. The summed E-state index contributed by atoms with van der Waals surface area (Å²) in [5.41, 5.74) is 1.20. The van der Waals surface area contributed by atoms with Gasteiger partial charge < -0.3 is 15.1 Å². The van der Waals surface area contributed by atoms with Gasteiger partial charge in [-0.05, 0) is 50.5 Å². The highest BCUT2D eigenvalue weighted by atomic mass is 16.5. The van der Waals surface area contributed by atoms with Gasteiger partial charge in [-0.2, -0.15) is 0 Å². The molecule has 0 saturated carbocycles. The Kier molecular flexibility index (Phi) is 7.91. The molecule has 4 aliphatic rings. The third kappa shape index (κ3) is 5.59. The highest BCUT2D eigenvalue weighted by Crippen LogP contribution is 2.30. The van der Waals surface area contributed by atoms with E-state index < -0.39 is 0 Å². The van der Waals surface area contributed by atoms with Gasteiger partial charge in [0.25, 0.3) is 0 Å². The minimum Gasteiger partial charge on any atom is -0.381 e. The number of benzene rings is 1. The third-order valence-corrected chi connectivity index (χ3v) is 8.24. The lowest BCUT2D eigenvalue weighted by molar-refractivity contribution is -0.128. The summed E-state index contributed by atoms with van der Waals surface area (Å²) in [7, 11) is 0. The number of nitrogens with zero attached hydrogens (tertiary/aromatic N) is 5. The summed E-state index contributed by atoms with van der Waals surface area (Å²) >= 11 is 0. The summed E-state index contributed by atoms with van der Waals surface area (Å²) in [6.45, 7) is 12.0. The van der Waals surface area contributed by atoms with Crippen LogP contribution in [0.4, 0.5) is 0 Å². The summed E-state index contributed by atoms with van der Waals surface area (Å²) < 4.78 is 7.75. The number of rotatable bonds is 8. The van der Waals surface area contributed by atoms with Crippen molar-refractivity contribution >= 4 is 5.91 Å². The zero-order chi connectivity index (χ0) is 25.1. The van der Waals surface area contributed by atoms with E-state index in [1.165, 1.54) is 18.4 Å². The van der Waals surface area contributed by atoms with Gasteiger partial charge in [-0.15, -0.1) is 10.2 Å². The van der Waals surface area contributed by atoms with Gasteiger partial charge in [-0.3, -0.25) is 9.69 Å². The molecule has 5 heterocycles. The van der Waals surface area contributed by atoms with Crippen LogP contribution in [-0.4, -0.2) is 71.1 Å². The second-order valence-corrected chi connectivity index (χ2v) is 11.2. The van der Waals surface area contributed by atoms with Crippen LogP contribution in [0.2, 0.25) is 0 Å². The van der Waals surface area contributed by atoms with E-state index in [0.717, 1.165) is 57.1 Å². The van der Waals surface area contributed by atoms with E-state index in [-0.39, 0.29) is 17.9 Å². The second-order valence-electron chi connectivity index (χ2n) is 11.2. The first-order valence-corrected chi connectivity index (χ1v) is 13.8. The van der Waals surface area contributed by atoms with Crippen LogP contribution in [-0.2, 0) is 9.53 Å². The Bertz CT molecular complexity index is 1000. The van der Waals surface area contributed by atoms with Crippen molar-refractivity contribution < 1.29 is 9.53 Å². The molecule has 1 unspecified atom stereocenters. The molecule has 4 fully saturated rings. The van der Waals surface area contributed by atoms with Gasteiger partial charge in [-0.1, -0.05) is 44.2 Å². The second kappa shape index (κ2) is 11.3. The molecule has 4 saturated heterocycles. The minimum atomic E-state index is 0.0343. The van der Waals surface area contributed by atoms with Crippen LogP contribution < -0.4 is 10.3 Å². The number of fused-ring (bicyclic) bond motifs is 4. The first-order valence-electron chi connectivity index (χ1n) is 13.8. The van der Waals surface area contributed by atoms with Gasteiger partial charge in [-0.25, -0.2) is 4.68 Å². The predicted molar refractivity (Wildman–Crippen MR) is 140 cm³/mol. The molecule has 196 valence electrons. The van der Waals surface area contributed by atoms with E-state index in [0.29, 0.717) is 31.1 Å². The quantitative estimate of drug-likeness (QED) is 0.606. The van der Waals surface area contributed by atoms with Gasteiger partial charge in [0.1, 0.15) is 5.82 Å². The van der Waals surface area contributed by atoms with Crippen molar-refractivity contribution in [3.63, 3.8) is 0 Å². The number of nitrogens with one attached hydrogen (secondary N) is 1. The zero-order valence-corrected chi connectivity index (χ0v) is 22.1. The first-order chi connectivity index (χ1) is 17.5. The molecular weight excluding hydrogens is 452 g/mol.